The Morgan fingerprint density at radius 2 is 1.74 bits per heavy atom. The van der Waals surface area contributed by atoms with Gasteiger partial charge in [-0.3, -0.25) is 9.59 Å². The van der Waals surface area contributed by atoms with Crippen molar-refractivity contribution in [3.8, 4) is 11.5 Å². The Balaban J connectivity index is 1.60. The van der Waals surface area contributed by atoms with Crippen molar-refractivity contribution < 1.29 is 19.1 Å². The number of carbonyl (C=O) groups is 2. The van der Waals surface area contributed by atoms with Crippen LogP contribution < -0.4 is 14.8 Å². The average Bonchev–Trinajstić information content (AvgIpc) is 3.22. The number of aryl methyl sites for hydroxylation is 1. The highest BCUT2D eigenvalue weighted by Crippen LogP contribution is 2.31. The molecule has 2 aromatic rings. The number of ether oxygens (including phenoxy) is 2. The molecule has 2 heterocycles. The van der Waals surface area contributed by atoms with E-state index >= 15 is 0 Å². The van der Waals surface area contributed by atoms with Gasteiger partial charge in [-0.05, 0) is 49.6 Å². The highest BCUT2D eigenvalue weighted by atomic mass is 16.6. The smallest absolute Gasteiger partial charge is 0.256 e. The van der Waals surface area contributed by atoms with Gasteiger partial charge in [0.15, 0.2) is 11.5 Å². The van der Waals surface area contributed by atoms with Gasteiger partial charge in [-0.25, -0.2) is 0 Å². The summed E-state index contributed by atoms with van der Waals surface area (Å²) in [4.78, 5) is 27.6. The number of benzene rings is 2. The van der Waals surface area contributed by atoms with Gasteiger partial charge in [0, 0.05) is 18.7 Å². The molecule has 2 amide bonds. The normalized spacial score (nSPS) is 15.5. The fourth-order valence-electron chi connectivity index (χ4n) is 3.51. The molecule has 27 heavy (non-hydrogen) atoms. The van der Waals surface area contributed by atoms with E-state index in [1.807, 2.05) is 24.0 Å². The SMILES string of the molecule is Cc1cccc(NC(=O)c2ccc3c(c2)OCCO3)c1C(=O)N1CCCC1. The van der Waals surface area contributed by atoms with Crippen LogP contribution in [0.5, 0.6) is 11.5 Å². The molecule has 0 unspecified atom stereocenters. The van der Waals surface area contributed by atoms with Crippen molar-refractivity contribution in [3.05, 3.63) is 53.1 Å². The van der Waals surface area contributed by atoms with E-state index in [4.69, 9.17) is 9.47 Å². The second kappa shape index (κ2) is 7.31. The molecule has 0 radical (unpaired) electrons. The van der Waals surface area contributed by atoms with E-state index in [0.717, 1.165) is 31.5 Å². The maximum Gasteiger partial charge on any atom is 0.256 e. The van der Waals surface area contributed by atoms with Crippen LogP contribution in [0.15, 0.2) is 36.4 Å². The number of hydrogen-bond donors (Lipinski definition) is 1. The monoisotopic (exact) mass is 366 g/mol. The zero-order valence-corrected chi connectivity index (χ0v) is 15.3. The van der Waals surface area contributed by atoms with Gasteiger partial charge >= 0.3 is 0 Å². The first-order valence-electron chi connectivity index (χ1n) is 9.23. The lowest BCUT2D eigenvalue weighted by Crippen LogP contribution is -2.29. The van der Waals surface area contributed by atoms with E-state index < -0.39 is 0 Å². The van der Waals surface area contributed by atoms with Gasteiger partial charge in [-0.1, -0.05) is 12.1 Å². The standard InChI is InChI=1S/C21H22N2O4/c1-14-5-4-6-16(19(14)21(25)23-9-2-3-10-23)22-20(24)15-7-8-17-18(13-15)27-12-11-26-17/h4-8,13H,2-3,9-12H2,1H3,(H,22,24). The molecule has 2 aliphatic rings. The molecule has 1 fully saturated rings. The summed E-state index contributed by atoms with van der Waals surface area (Å²) in [6.45, 7) is 4.39. The molecule has 1 saturated heterocycles. The molecule has 0 spiro atoms. The molecular weight excluding hydrogens is 344 g/mol. The van der Waals surface area contributed by atoms with E-state index in [1.165, 1.54) is 0 Å². The number of amides is 2. The molecular formula is C21H22N2O4. The molecule has 6 nitrogen and oxygen atoms in total. The molecule has 6 heteroatoms. The van der Waals surface area contributed by atoms with Crippen molar-refractivity contribution in [2.24, 2.45) is 0 Å². The number of hydrogen-bond acceptors (Lipinski definition) is 4. The van der Waals surface area contributed by atoms with Crippen molar-refractivity contribution in [3.63, 3.8) is 0 Å². The Bertz CT molecular complexity index is 888. The number of rotatable bonds is 3. The lowest BCUT2D eigenvalue weighted by Gasteiger charge is -2.20. The maximum absolute atomic E-state index is 12.9. The highest BCUT2D eigenvalue weighted by Gasteiger charge is 2.24. The van der Waals surface area contributed by atoms with Crippen LogP contribution in [0.1, 0.15) is 39.1 Å². The van der Waals surface area contributed by atoms with E-state index in [2.05, 4.69) is 5.32 Å². The number of nitrogens with zero attached hydrogens (tertiary/aromatic N) is 1. The zero-order chi connectivity index (χ0) is 18.8. The fraction of sp³-hybridized carbons (Fsp3) is 0.333. The molecule has 2 aliphatic heterocycles. The summed E-state index contributed by atoms with van der Waals surface area (Å²) in [5, 5.41) is 2.90. The van der Waals surface area contributed by atoms with Gasteiger partial charge < -0.3 is 19.7 Å². The summed E-state index contributed by atoms with van der Waals surface area (Å²) in [7, 11) is 0. The second-order valence-corrected chi connectivity index (χ2v) is 6.81. The predicted octanol–water partition coefficient (Wildman–Crippen LogP) is 3.25. The van der Waals surface area contributed by atoms with E-state index in [1.54, 1.807) is 24.3 Å². The first-order valence-corrected chi connectivity index (χ1v) is 9.23. The van der Waals surface area contributed by atoms with Crippen LogP contribution in [0, 0.1) is 6.92 Å². The molecule has 1 N–H and O–H groups in total. The van der Waals surface area contributed by atoms with Crippen LogP contribution in [-0.4, -0.2) is 43.0 Å². The lowest BCUT2D eigenvalue weighted by atomic mass is 10.0. The largest absolute Gasteiger partial charge is 0.486 e. The van der Waals surface area contributed by atoms with Gasteiger partial charge in [0.1, 0.15) is 13.2 Å². The Labute approximate surface area is 158 Å². The number of fused-ring (bicyclic) bond motifs is 1. The Morgan fingerprint density at radius 3 is 2.52 bits per heavy atom. The van der Waals surface area contributed by atoms with E-state index in [0.29, 0.717) is 41.5 Å². The first-order chi connectivity index (χ1) is 13.1. The van der Waals surface area contributed by atoms with Crippen LogP contribution in [0.3, 0.4) is 0 Å². The molecule has 0 aliphatic carbocycles. The molecule has 0 atom stereocenters. The minimum Gasteiger partial charge on any atom is -0.486 e. The molecule has 4 rings (SSSR count). The van der Waals surface area contributed by atoms with Gasteiger partial charge in [-0.2, -0.15) is 0 Å². The van der Waals surface area contributed by atoms with Crippen molar-refractivity contribution in [2.75, 3.05) is 31.6 Å². The Hall–Kier alpha value is -3.02. The fourth-order valence-corrected chi connectivity index (χ4v) is 3.51. The lowest BCUT2D eigenvalue weighted by molar-refractivity contribution is 0.0793. The van der Waals surface area contributed by atoms with Crippen LogP contribution in [0.2, 0.25) is 0 Å². The maximum atomic E-state index is 12.9. The minimum absolute atomic E-state index is 0.0249. The molecule has 0 bridgehead atoms. The highest BCUT2D eigenvalue weighted by molar-refractivity contribution is 6.09. The number of nitrogens with one attached hydrogen (secondary N) is 1. The van der Waals surface area contributed by atoms with Crippen molar-refractivity contribution in [1.29, 1.82) is 0 Å². The van der Waals surface area contributed by atoms with Crippen molar-refractivity contribution >= 4 is 17.5 Å². The van der Waals surface area contributed by atoms with E-state index in [9.17, 15) is 9.59 Å². The van der Waals surface area contributed by atoms with Crippen molar-refractivity contribution in [2.45, 2.75) is 19.8 Å². The summed E-state index contributed by atoms with van der Waals surface area (Å²) < 4.78 is 11.0. The number of anilines is 1. The summed E-state index contributed by atoms with van der Waals surface area (Å²) in [6.07, 6.45) is 2.05. The topological polar surface area (TPSA) is 67.9 Å². The van der Waals surface area contributed by atoms with Gasteiger partial charge in [0.25, 0.3) is 11.8 Å². The predicted molar refractivity (Wildman–Crippen MR) is 102 cm³/mol. The summed E-state index contributed by atoms with van der Waals surface area (Å²) >= 11 is 0. The number of carbonyl (C=O) groups excluding carboxylic acids is 2. The zero-order valence-electron chi connectivity index (χ0n) is 15.3. The van der Waals surface area contributed by atoms with Crippen molar-refractivity contribution in [1.82, 2.24) is 4.90 Å². The molecule has 0 aromatic heterocycles. The third-order valence-corrected chi connectivity index (χ3v) is 4.93. The summed E-state index contributed by atoms with van der Waals surface area (Å²) in [5.74, 6) is 0.890. The summed E-state index contributed by atoms with van der Waals surface area (Å²) in [5.41, 5.74) is 2.41. The van der Waals surface area contributed by atoms with Gasteiger partial charge in [0.2, 0.25) is 0 Å². The second-order valence-electron chi connectivity index (χ2n) is 6.81. The molecule has 0 saturated carbocycles. The molecule has 2 aromatic carbocycles. The summed E-state index contributed by atoms with van der Waals surface area (Å²) in [6, 6.07) is 10.6. The third kappa shape index (κ3) is 3.47. The first kappa shape index (κ1) is 17.4. The number of likely N-dealkylation sites (tertiary alicyclic amines) is 1. The van der Waals surface area contributed by atoms with Crippen LogP contribution in [-0.2, 0) is 0 Å². The average molecular weight is 366 g/mol. The molecule has 140 valence electrons. The third-order valence-electron chi connectivity index (χ3n) is 4.93. The van der Waals surface area contributed by atoms with Crippen LogP contribution in [0.4, 0.5) is 5.69 Å². The van der Waals surface area contributed by atoms with Gasteiger partial charge in [-0.15, -0.1) is 0 Å². The van der Waals surface area contributed by atoms with Crippen LogP contribution in [0.25, 0.3) is 0 Å². The van der Waals surface area contributed by atoms with Gasteiger partial charge in [0.05, 0.1) is 11.3 Å². The minimum atomic E-state index is -0.284. The quantitative estimate of drug-likeness (QED) is 0.905. The van der Waals surface area contributed by atoms with Crippen LogP contribution >= 0.6 is 0 Å². The van der Waals surface area contributed by atoms with E-state index in [-0.39, 0.29) is 11.8 Å². The Kier molecular flexibility index (Phi) is 4.71. The Morgan fingerprint density at radius 1 is 1.00 bits per heavy atom.